The molecule has 0 bridgehead atoms. The Hall–Kier alpha value is -2.34. The first kappa shape index (κ1) is 33.9. The van der Waals surface area contributed by atoms with Gasteiger partial charge in [0.15, 0.2) is 0 Å². The van der Waals surface area contributed by atoms with E-state index in [-0.39, 0.29) is 12.3 Å². The van der Waals surface area contributed by atoms with Crippen LogP contribution >= 0.6 is 9.69 Å². The third-order valence-electron chi connectivity index (χ3n) is 6.44. The van der Waals surface area contributed by atoms with Gasteiger partial charge in [-0.05, 0) is 37.5 Å². The molecule has 4 aromatic carbocycles. The molecule has 4 aromatic rings. The van der Waals surface area contributed by atoms with Crippen molar-refractivity contribution in [3.63, 3.8) is 0 Å². The van der Waals surface area contributed by atoms with Crippen LogP contribution in [0.4, 0.5) is 0 Å². The fourth-order valence-corrected chi connectivity index (χ4v) is 5.54. The van der Waals surface area contributed by atoms with Crippen molar-refractivity contribution in [1.82, 2.24) is 0 Å². The van der Waals surface area contributed by atoms with Crippen LogP contribution in [-0.4, -0.2) is 15.0 Å². The zero-order valence-electron chi connectivity index (χ0n) is 23.0. The monoisotopic (exact) mass is 662 g/mol. The standard InChI is InChI=1S/C32H34N2O2S.CH3.ClH.Ru/c1-26-21-23-30(24-22-26)37(35,36)34-32(29-19-11-4-12-20-29)31(28-17-9-3-10-18-28)33-25-13-5-8-16-27-14-6-2-7-15-27;;;/h2-4,6-7,9-12,14-15,17-24,31-32H,5,8,13,16,25H2,1H3;1H3;1H;/q-2;-1;;+4/p-1/t31-,32-;;;/m0.../s1. The van der Waals surface area contributed by atoms with E-state index in [1.807, 2.05) is 91.0 Å². The molecule has 4 rings (SSSR count). The van der Waals surface area contributed by atoms with E-state index < -0.39 is 22.1 Å². The number of rotatable bonds is 13. The van der Waals surface area contributed by atoms with Crippen LogP contribution in [0.1, 0.15) is 53.6 Å². The van der Waals surface area contributed by atoms with Crippen LogP contribution in [0.2, 0.25) is 0 Å². The van der Waals surface area contributed by atoms with Gasteiger partial charge in [0.25, 0.3) is 0 Å². The molecule has 0 fully saturated rings. The van der Waals surface area contributed by atoms with E-state index in [2.05, 4.69) is 38.7 Å². The Bertz CT molecular complexity index is 1320. The number of nitrogens with zero attached hydrogens (tertiary/aromatic N) is 2. The van der Waals surface area contributed by atoms with Gasteiger partial charge < -0.3 is 17.5 Å². The van der Waals surface area contributed by atoms with Crippen molar-refractivity contribution in [1.29, 1.82) is 0 Å². The summed E-state index contributed by atoms with van der Waals surface area (Å²) in [6.45, 7) is 2.59. The number of hydrogen-bond acceptors (Lipinski definition) is 2. The molecule has 4 nitrogen and oxygen atoms in total. The first-order chi connectivity index (χ1) is 19.0. The minimum absolute atomic E-state index is 0. The van der Waals surface area contributed by atoms with Crippen LogP contribution in [0.25, 0.3) is 10.0 Å². The van der Waals surface area contributed by atoms with E-state index >= 15 is 0 Å². The molecule has 0 unspecified atom stereocenters. The Labute approximate surface area is 255 Å². The SMILES string of the molecule is Cc1ccc(S(=O)(=O)[N-][C@@H](c2ccccc2)[C@@H]([N-]CCCCCc2ccccc2)c2ccccc2)cc1.[CH3-].[Cl][Ru+3]. The number of sulfonamides is 1. The third-order valence-corrected chi connectivity index (χ3v) is 7.82. The summed E-state index contributed by atoms with van der Waals surface area (Å²) >= 11 is 1.82. The van der Waals surface area contributed by atoms with Crippen molar-refractivity contribution in [2.24, 2.45) is 0 Å². The molecular formula is C33H37ClN2O2RuS. The van der Waals surface area contributed by atoms with Gasteiger partial charge in [-0.2, -0.15) is 0 Å². The van der Waals surface area contributed by atoms with Crippen LogP contribution in [0.15, 0.2) is 120 Å². The summed E-state index contributed by atoms with van der Waals surface area (Å²) in [6.07, 6.45) is 4.17. The van der Waals surface area contributed by atoms with Crippen molar-refractivity contribution in [3.8, 4) is 0 Å². The van der Waals surface area contributed by atoms with Gasteiger partial charge in [-0.15, -0.1) is 18.6 Å². The second-order valence-electron chi connectivity index (χ2n) is 9.31. The average molecular weight is 662 g/mol. The van der Waals surface area contributed by atoms with Gasteiger partial charge in [0.2, 0.25) is 0 Å². The molecule has 0 saturated heterocycles. The van der Waals surface area contributed by atoms with E-state index in [1.54, 1.807) is 24.3 Å². The molecule has 212 valence electrons. The molecule has 0 heterocycles. The summed E-state index contributed by atoms with van der Waals surface area (Å²) in [5.41, 5.74) is 4.15. The first-order valence-electron chi connectivity index (χ1n) is 13.0. The van der Waals surface area contributed by atoms with Crippen LogP contribution < -0.4 is 0 Å². The normalized spacial score (nSPS) is 12.3. The predicted molar refractivity (Wildman–Crippen MR) is 165 cm³/mol. The summed E-state index contributed by atoms with van der Waals surface area (Å²) in [5, 5.41) is 5.05. The number of unbranched alkanes of at least 4 members (excludes halogenated alkanes) is 2. The summed E-state index contributed by atoms with van der Waals surface area (Å²) in [4.78, 5) is 0.201. The zero-order valence-corrected chi connectivity index (χ0v) is 26.3. The van der Waals surface area contributed by atoms with Gasteiger partial charge >= 0.3 is 27.0 Å². The molecule has 0 spiro atoms. The van der Waals surface area contributed by atoms with Gasteiger partial charge in [-0.1, -0.05) is 133 Å². The van der Waals surface area contributed by atoms with E-state index in [0.717, 1.165) is 42.4 Å². The topological polar surface area (TPSA) is 62.3 Å². The van der Waals surface area contributed by atoms with Crippen molar-refractivity contribution in [3.05, 3.63) is 155 Å². The second kappa shape index (κ2) is 18.2. The van der Waals surface area contributed by atoms with E-state index in [4.69, 9.17) is 5.32 Å². The van der Waals surface area contributed by atoms with Crippen molar-refractivity contribution in [2.45, 2.75) is 49.6 Å². The third kappa shape index (κ3) is 10.6. The predicted octanol–water partition coefficient (Wildman–Crippen LogP) is 9.46. The summed E-state index contributed by atoms with van der Waals surface area (Å²) in [6, 6.07) is 35.8. The van der Waals surface area contributed by atoms with E-state index in [1.165, 1.54) is 5.56 Å². The summed E-state index contributed by atoms with van der Waals surface area (Å²) < 4.78 is 31.3. The Morgan fingerprint density at radius 3 is 1.73 bits per heavy atom. The van der Waals surface area contributed by atoms with Crippen molar-refractivity contribution < 1.29 is 25.7 Å². The number of hydrogen-bond donors (Lipinski definition) is 0. The van der Waals surface area contributed by atoms with Gasteiger partial charge in [0.1, 0.15) is 10.0 Å². The van der Waals surface area contributed by atoms with Crippen LogP contribution in [0.3, 0.4) is 0 Å². The molecule has 0 saturated carbocycles. The Balaban J connectivity index is 0.00000183. The molecular weight excluding hydrogens is 625 g/mol. The molecule has 0 aliphatic rings. The fraction of sp³-hybridized carbons (Fsp3) is 0.242. The molecule has 0 amide bonds. The molecule has 40 heavy (non-hydrogen) atoms. The molecule has 2 atom stereocenters. The maximum absolute atomic E-state index is 13.4. The van der Waals surface area contributed by atoms with Crippen molar-refractivity contribution in [2.75, 3.05) is 6.54 Å². The molecule has 0 aromatic heterocycles. The van der Waals surface area contributed by atoms with Crippen LogP contribution in [0, 0.1) is 14.4 Å². The Morgan fingerprint density at radius 2 is 1.18 bits per heavy atom. The number of halogens is 1. The minimum atomic E-state index is -3.88. The van der Waals surface area contributed by atoms with Gasteiger partial charge in [0.05, 0.1) is 0 Å². The van der Waals surface area contributed by atoms with Crippen LogP contribution in [0.5, 0.6) is 0 Å². The number of benzene rings is 4. The summed E-state index contributed by atoms with van der Waals surface area (Å²) in [7, 11) is 0.687. The number of aryl methyl sites for hydroxylation is 2. The molecule has 0 aliphatic carbocycles. The molecule has 0 aliphatic heterocycles. The van der Waals surface area contributed by atoms with E-state index in [9.17, 15) is 8.42 Å². The molecule has 0 N–H and O–H groups in total. The summed E-state index contributed by atoms with van der Waals surface area (Å²) in [5.74, 6) is 0. The quantitative estimate of drug-likeness (QED) is 0.0814. The molecule has 7 heteroatoms. The molecule has 0 radical (unpaired) electrons. The first-order valence-corrected chi connectivity index (χ1v) is 16.7. The van der Waals surface area contributed by atoms with Gasteiger partial charge in [-0.25, -0.2) is 8.42 Å². The average Bonchev–Trinajstić information content (AvgIpc) is 2.98. The second-order valence-corrected chi connectivity index (χ2v) is 10.9. The zero-order chi connectivity index (χ0) is 27.9. The fourth-order valence-electron chi connectivity index (χ4n) is 4.40. The Morgan fingerprint density at radius 1 is 0.675 bits per heavy atom. The van der Waals surface area contributed by atoms with Gasteiger partial charge in [0, 0.05) is 4.90 Å². The maximum atomic E-state index is 13.4. The van der Waals surface area contributed by atoms with Crippen molar-refractivity contribution >= 4 is 19.7 Å². The van der Waals surface area contributed by atoms with Gasteiger partial charge in [-0.3, -0.25) is 0 Å². The Kier molecular flexibility index (Phi) is 15.4. The van der Waals surface area contributed by atoms with E-state index in [0.29, 0.717) is 6.54 Å². The van der Waals surface area contributed by atoms with Crippen LogP contribution in [-0.2, 0) is 33.8 Å².